The third-order valence-electron chi connectivity index (χ3n) is 2.73. The number of benzene rings is 2. The van der Waals surface area contributed by atoms with Gasteiger partial charge in [0.05, 0.1) is 16.1 Å². The number of nitrogens with zero attached hydrogens (tertiary/aromatic N) is 1. The van der Waals surface area contributed by atoms with Crippen molar-refractivity contribution in [2.75, 3.05) is 10.5 Å². The van der Waals surface area contributed by atoms with E-state index in [4.69, 9.17) is 11.0 Å². The SMILES string of the molecule is Cc1cc(N)cc(S(=O)(=O)Nc2ccc(Br)cc2C#N)c1. The Kier molecular flexibility index (Phi) is 4.21. The average Bonchev–Trinajstić information content (AvgIpc) is 2.39. The number of nitrogens with one attached hydrogen (secondary N) is 1. The van der Waals surface area contributed by atoms with Crippen molar-refractivity contribution in [3.8, 4) is 6.07 Å². The first kappa shape index (κ1) is 15.4. The van der Waals surface area contributed by atoms with Crippen molar-refractivity contribution >= 4 is 37.3 Å². The molecule has 0 unspecified atom stereocenters. The number of hydrogen-bond donors (Lipinski definition) is 2. The monoisotopic (exact) mass is 365 g/mol. The lowest BCUT2D eigenvalue weighted by Gasteiger charge is -2.11. The summed E-state index contributed by atoms with van der Waals surface area (Å²) >= 11 is 3.24. The number of rotatable bonds is 3. The van der Waals surface area contributed by atoms with Gasteiger partial charge in [0, 0.05) is 10.2 Å². The van der Waals surface area contributed by atoms with Gasteiger partial charge in [-0.2, -0.15) is 5.26 Å². The third kappa shape index (κ3) is 3.54. The molecule has 0 saturated carbocycles. The molecular weight excluding hydrogens is 354 g/mol. The zero-order valence-corrected chi connectivity index (χ0v) is 13.5. The van der Waals surface area contributed by atoms with Gasteiger partial charge in [-0.25, -0.2) is 8.42 Å². The first-order valence-corrected chi connectivity index (χ1v) is 8.19. The van der Waals surface area contributed by atoms with Crippen LogP contribution in [0.4, 0.5) is 11.4 Å². The summed E-state index contributed by atoms with van der Waals surface area (Å²) in [6, 6.07) is 11.3. The first-order valence-electron chi connectivity index (χ1n) is 5.91. The number of nitrogens with two attached hydrogens (primary N) is 1. The van der Waals surface area contributed by atoms with Crippen LogP contribution in [0, 0.1) is 18.3 Å². The normalized spacial score (nSPS) is 10.9. The van der Waals surface area contributed by atoms with E-state index in [-0.39, 0.29) is 16.1 Å². The van der Waals surface area contributed by atoms with Gasteiger partial charge in [0.2, 0.25) is 0 Å². The molecule has 2 aromatic rings. The van der Waals surface area contributed by atoms with Crippen LogP contribution in [0.2, 0.25) is 0 Å². The minimum Gasteiger partial charge on any atom is -0.399 e. The largest absolute Gasteiger partial charge is 0.399 e. The molecule has 3 N–H and O–H groups in total. The summed E-state index contributed by atoms with van der Waals surface area (Å²) in [4.78, 5) is 0.0619. The number of aryl methyl sites for hydroxylation is 1. The van der Waals surface area contributed by atoms with Gasteiger partial charge < -0.3 is 5.73 Å². The van der Waals surface area contributed by atoms with Crippen LogP contribution >= 0.6 is 15.9 Å². The van der Waals surface area contributed by atoms with Gasteiger partial charge >= 0.3 is 0 Å². The van der Waals surface area contributed by atoms with Crippen LogP contribution in [0.3, 0.4) is 0 Å². The van der Waals surface area contributed by atoms with Gasteiger partial charge in [-0.05, 0) is 48.9 Å². The molecule has 0 spiro atoms. The van der Waals surface area contributed by atoms with Crippen molar-refractivity contribution in [1.29, 1.82) is 5.26 Å². The highest BCUT2D eigenvalue weighted by atomic mass is 79.9. The summed E-state index contributed by atoms with van der Waals surface area (Å²) in [6.45, 7) is 1.76. The van der Waals surface area contributed by atoms with Crippen LogP contribution in [-0.4, -0.2) is 8.42 Å². The van der Waals surface area contributed by atoms with E-state index in [1.54, 1.807) is 25.1 Å². The highest BCUT2D eigenvalue weighted by molar-refractivity contribution is 9.10. The average molecular weight is 366 g/mol. The molecule has 21 heavy (non-hydrogen) atoms. The topological polar surface area (TPSA) is 96.0 Å². The minimum atomic E-state index is -3.80. The maximum absolute atomic E-state index is 12.4. The van der Waals surface area contributed by atoms with Crippen molar-refractivity contribution in [1.82, 2.24) is 0 Å². The van der Waals surface area contributed by atoms with E-state index in [0.29, 0.717) is 10.2 Å². The lowest BCUT2D eigenvalue weighted by atomic mass is 10.2. The molecular formula is C14H12BrN3O2S. The van der Waals surface area contributed by atoms with Crippen molar-refractivity contribution in [2.45, 2.75) is 11.8 Å². The Labute approximate surface area is 131 Å². The maximum atomic E-state index is 12.4. The number of sulfonamides is 1. The molecule has 0 aliphatic rings. The smallest absolute Gasteiger partial charge is 0.262 e. The summed E-state index contributed by atoms with van der Waals surface area (Å²) < 4.78 is 27.8. The first-order chi connectivity index (χ1) is 9.81. The molecule has 5 nitrogen and oxygen atoms in total. The third-order valence-corrected chi connectivity index (χ3v) is 4.57. The van der Waals surface area contributed by atoms with Crippen LogP contribution in [0.25, 0.3) is 0 Å². The molecule has 108 valence electrons. The van der Waals surface area contributed by atoms with Crippen LogP contribution in [0.5, 0.6) is 0 Å². The molecule has 0 saturated heterocycles. The summed E-state index contributed by atoms with van der Waals surface area (Å²) in [7, 11) is -3.80. The molecule has 0 fully saturated rings. The van der Waals surface area contributed by atoms with Crippen molar-refractivity contribution in [2.24, 2.45) is 0 Å². The molecule has 2 rings (SSSR count). The number of halogens is 1. The summed E-state index contributed by atoms with van der Waals surface area (Å²) in [5.41, 5.74) is 7.24. The number of anilines is 2. The maximum Gasteiger partial charge on any atom is 0.262 e. The van der Waals surface area contributed by atoms with E-state index in [9.17, 15) is 8.42 Å². The fourth-order valence-corrected chi connectivity index (χ4v) is 3.41. The van der Waals surface area contributed by atoms with Gasteiger partial charge in [-0.15, -0.1) is 0 Å². The van der Waals surface area contributed by atoms with Gasteiger partial charge in [0.25, 0.3) is 10.0 Å². The Morgan fingerprint density at radius 1 is 1.24 bits per heavy atom. The van der Waals surface area contributed by atoms with Crippen LogP contribution < -0.4 is 10.5 Å². The second-order valence-corrected chi connectivity index (χ2v) is 7.08. The highest BCUT2D eigenvalue weighted by Crippen LogP contribution is 2.24. The molecule has 2 aromatic carbocycles. The predicted molar refractivity (Wildman–Crippen MR) is 85.3 cm³/mol. The Balaban J connectivity index is 2.45. The molecule has 0 heterocycles. The van der Waals surface area contributed by atoms with Gasteiger partial charge in [-0.1, -0.05) is 15.9 Å². The fourth-order valence-electron chi connectivity index (χ4n) is 1.83. The molecule has 7 heteroatoms. The van der Waals surface area contributed by atoms with Crippen LogP contribution in [0.15, 0.2) is 45.8 Å². The summed E-state index contributed by atoms with van der Waals surface area (Å²) in [5.74, 6) is 0. The molecule has 0 radical (unpaired) electrons. The molecule has 0 bridgehead atoms. The second-order valence-electron chi connectivity index (χ2n) is 4.49. The Morgan fingerprint density at radius 3 is 2.57 bits per heavy atom. The highest BCUT2D eigenvalue weighted by Gasteiger charge is 2.17. The van der Waals surface area contributed by atoms with Gasteiger partial charge in [-0.3, -0.25) is 4.72 Å². The van der Waals surface area contributed by atoms with Gasteiger partial charge in [0.15, 0.2) is 0 Å². The Hall–Kier alpha value is -2.04. The molecule has 0 atom stereocenters. The van der Waals surface area contributed by atoms with E-state index in [0.717, 1.165) is 5.56 Å². The van der Waals surface area contributed by atoms with E-state index in [1.807, 2.05) is 6.07 Å². The van der Waals surface area contributed by atoms with E-state index < -0.39 is 10.0 Å². The number of nitriles is 1. The van der Waals surface area contributed by atoms with E-state index >= 15 is 0 Å². The summed E-state index contributed by atoms with van der Waals surface area (Å²) in [6.07, 6.45) is 0. The second kappa shape index (κ2) is 5.76. The quantitative estimate of drug-likeness (QED) is 0.817. The molecule has 0 aromatic heterocycles. The van der Waals surface area contributed by atoms with E-state index in [1.165, 1.54) is 18.2 Å². The minimum absolute atomic E-state index is 0.0619. The predicted octanol–water partition coefficient (Wildman–Crippen LogP) is 3.01. The van der Waals surface area contributed by atoms with Gasteiger partial charge in [0.1, 0.15) is 6.07 Å². The molecule has 0 amide bonds. The van der Waals surface area contributed by atoms with Crippen LogP contribution in [-0.2, 0) is 10.0 Å². The lowest BCUT2D eigenvalue weighted by molar-refractivity contribution is 0.601. The molecule has 0 aliphatic carbocycles. The van der Waals surface area contributed by atoms with Crippen molar-refractivity contribution in [3.05, 3.63) is 52.0 Å². The number of nitrogen functional groups attached to an aromatic ring is 1. The standard InChI is InChI=1S/C14H12BrN3O2S/c1-9-4-12(17)7-13(5-9)21(19,20)18-14-3-2-11(15)6-10(14)8-16/h2-7,18H,17H2,1H3. The van der Waals surface area contributed by atoms with Crippen LogP contribution in [0.1, 0.15) is 11.1 Å². The zero-order chi connectivity index (χ0) is 15.6. The van der Waals surface area contributed by atoms with Crippen molar-refractivity contribution in [3.63, 3.8) is 0 Å². The molecule has 0 aliphatic heterocycles. The fraction of sp³-hybridized carbons (Fsp3) is 0.0714. The number of hydrogen-bond acceptors (Lipinski definition) is 4. The zero-order valence-electron chi connectivity index (χ0n) is 11.1. The Morgan fingerprint density at radius 2 is 1.95 bits per heavy atom. The lowest BCUT2D eigenvalue weighted by Crippen LogP contribution is -2.14. The summed E-state index contributed by atoms with van der Waals surface area (Å²) in [5, 5.41) is 9.07. The Bertz CT molecular complexity index is 822. The van der Waals surface area contributed by atoms with E-state index in [2.05, 4.69) is 20.7 Å². The van der Waals surface area contributed by atoms with Crippen molar-refractivity contribution < 1.29 is 8.42 Å².